The molecule has 23 heavy (non-hydrogen) atoms. The zero-order valence-corrected chi connectivity index (χ0v) is 12.5. The van der Waals surface area contributed by atoms with Crippen molar-refractivity contribution < 1.29 is 14.0 Å². The Morgan fingerprint density at radius 2 is 2.17 bits per heavy atom. The second-order valence-corrected chi connectivity index (χ2v) is 5.23. The number of hydrogen-bond donors (Lipinski definition) is 1. The molecule has 0 atom stereocenters. The predicted molar refractivity (Wildman–Crippen MR) is 82.5 cm³/mol. The highest BCUT2D eigenvalue weighted by molar-refractivity contribution is 5.92. The zero-order valence-electron chi connectivity index (χ0n) is 12.5. The molecule has 0 bridgehead atoms. The van der Waals surface area contributed by atoms with Crippen LogP contribution in [0.1, 0.15) is 32.8 Å². The van der Waals surface area contributed by atoms with E-state index in [4.69, 9.17) is 0 Å². The minimum atomic E-state index is -0.682. The van der Waals surface area contributed by atoms with E-state index in [1.54, 1.807) is 6.07 Å². The zero-order chi connectivity index (χ0) is 16.4. The number of pyridine rings is 2. The van der Waals surface area contributed by atoms with Gasteiger partial charge in [-0.1, -0.05) is 0 Å². The molecule has 2 aromatic rings. The van der Waals surface area contributed by atoms with Crippen LogP contribution in [0, 0.1) is 5.82 Å². The van der Waals surface area contributed by atoms with Gasteiger partial charge in [-0.25, -0.2) is 14.4 Å². The number of halogens is 1. The fourth-order valence-electron chi connectivity index (χ4n) is 2.66. The summed E-state index contributed by atoms with van der Waals surface area (Å²) in [4.78, 5) is 32.5. The maximum Gasteiger partial charge on any atom is 0.272 e. The van der Waals surface area contributed by atoms with Crippen molar-refractivity contribution in [2.24, 2.45) is 0 Å². The number of amides is 1. The summed E-state index contributed by atoms with van der Waals surface area (Å²) >= 11 is 0. The Balaban J connectivity index is 1.99. The van der Waals surface area contributed by atoms with Gasteiger partial charge in [0, 0.05) is 31.4 Å². The molecule has 3 rings (SSSR count). The number of rotatable bonds is 3. The largest absolute Gasteiger partial charge is 0.354 e. The first-order valence-electron chi connectivity index (χ1n) is 7.23. The van der Waals surface area contributed by atoms with Gasteiger partial charge in [-0.05, 0) is 24.5 Å². The van der Waals surface area contributed by atoms with Crippen molar-refractivity contribution in [3.8, 4) is 0 Å². The topological polar surface area (TPSA) is 75.2 Å². The number of aromatic nitrogens is 2. The Hall–Kier alpha value is -2.83. The number of carbonyl (C=O) groups excluding carboxylic acids is 2. The highest BCUT2D eigenvalue weighted by atomic mass is 19.1. The summed E-state index contributed by atoms with van der Waals surface area (Å²) < 4.78 is 14.1. The first-order chi connectivity index (χ1) is 11.1. The molecule has 118 valence electrons. The van der Waals surface area contributed by atoms with Crippen molar-refractivity contribution in [2.45, 2.75) is 12.8 Å². The molecule has 0 fully saturated rings. The molecular weight excluding hydrogens is 299 g/mol. The van der Waals surface area contributed by atoms with Gasteiger partial charge in [-0.15, -0.1) is 0 Å². The van der Waals surface area contributed by atoms with Gasteiger partial charge in [-0.3, -0.25) is 9.59 Å². The highest BCUT2D eigenvalue weighted by Crippen LogP contribution is 2.32. The summed E-state index contributed by atoms with van der Waals surface area (Å²) in [5, 5.41) is 2.35. The third-order valence-corrected chi connectivity index (χ3v) is 3.76. The van der Waals surface area contributed by atoms with Crippen molar-refractivity contribution in [2.75, 3.05) is 18.5 Å². The Morgan fingerprint density at radius 1 is 1.35 bits per heavy atom. The van der Waals surface area contributed by atoms with E-state index >= 15 is 0 Å². The lowest BCUT2D eigenvalue weighted by Gasteiger charge is -2.30. The van der Waals surface area contributed by atoms with Gasteiger partial charge in [0.05, 0.1) is 11.9 Å². The Kier molecular flexibility index (Phi) is 4.01. The summed E-state index contributed by atoms with van der Waals surface area (Å²) in [6.07, 6.45) is 5.37. The van der Waals surface area contributed by atoms with Crippen LogP contribution in [-0.4, -0.2) is 35.8 Å². The molecule has 0 aromatic carbocycles. The molecule has 3 heterocycles. The number of aryl methyl sites for hydroxylation is 1. The summed E-state index contributed by atoms with van der Waals surface area (Å²) in [5.41, 5.74) is 1.75. The summed E-state index contributed by atoms with van der Waals surface area (Å²) in [7, 11) is 1.42. The summed E-state index contributed by atoms with van der Waals surface area (Å²) in [6.45, 7) is 0.668. The van der Waals surface area contributed by atoms with E-state index in [-0.39, 0.29) is 5.69 Å². The van der Waals surface area contributed by atoms with Gasteiger partial charge < -0.3 is 10.2 Å². The van der Waals surface area contributed by atoms with E-state index < -0.39 is 11.7 Å². The van der Waals surface area contributed by atoms with Crippen molar-refractivity contribution in [3.63, 3.8) is 0 Å². The van der Waals surface area contributed by atoms with Crippen LogP contribution < -0.4 is 10.2 Å². The molecule has 0 saturated carbocycles. The molecule has 1 N–H and O–H groups in total. The quantitative estimate of drug-likeness (QED) is 0.875. The molecule has 2 aromatic heterocycles. The average molecular weight is 314 g/mol. The van der Waals surface area contributed by atoms with Gasteiger partial charge in [0.15, 0.2) is 17.8 Å². The number of hydrogen-bond acceptors (Lipinski definition) is 5. The Labute approximate surface area is 132 Å². The fourth-order valence-corrected chi connectivity index (χ4v) is 2.66. The smallest absolute Gasteiger partial charge is 0.272 e. The standard InChI is InChI=1S/C16H15FN4O2/c1-18-16(23)14-13(17)6-12(8-19-14)21-4-2-3-11-5-10(9-22)7-20-15(11)21/h5-9H,2-4H2,1H3,(H,18,23). The van der Waals surface area contributed by atoms with Crippen LogP contribution >= 0.6 is 0 Å². The maximum absolute atomic E-state index is 14.1. The first-order valence-corrected chi connectivity index (χ1v) is 7.23. The van der Waals surface area contributed by atoms with Crippen molar-refractivity contribution >= 4 is 23.7 Å². The van der Waals surface area contributed by atoms with Gasteiger partial charge in [-0.2, -0.15) is 0 Å². The summed E-state index contributed by atoms with van der Waals surface area (Å²) in [5.74, 6) is -0.559. The lowest BCUT2D eigenvalue weighted by atomic mass is 10.0. The van der Waals surface area contributed by atoms with Crippen LogP contribution in [-0.2, 0) is 6.42 Å². The molecule has 6 nitrogen and oxygen atoms in total. The van der Waals surface area contributed by atoms with E-state index in [2.05, 4.69) is 15.3 Å². The molecule has 0 radical (unpaired) electrons. The van der Waals surface area contributed by atoms with E-state index in [1.165, 1.54) is 25.5 Å². The monoisotopic (exact) mass is 314 g/mol. The molecule has 1 aliphatic rings. The molecule has 0 spiro atoms. The van der Waals surface area contributed by atoms with Crippen molar-refractivity contribution in [1.82, 2.24) is 15.3 Å². The van der Waals surface area contributed by atoms with Crippen LogP contribution in [0.4, 0.5) is 15.9 Å². The molecule has 1 aliphatic heterocycles. The maximum atomic E-state index is 14.1. The van der Waals surface area contributed by atoms with Gasteiger partial charge in [0.25, 0.3) is 5.91 Å². The lowest BCUT2D eigenvalue weighted by Crippen LogP contribution is -2.27. The lowest BCUT2D eigenvalue weighted by molar-refractivity contribution is 0.0953. The first kappa shape index (κ1) is 15.1. The van der Waals surface area contributed by atoms with Crippen LogP contribution in [0.15, 0.2) is 24.5 Å². The number of fused-ring (bicyclic) bond motifs is 1. The Morgan fingerprint density at radius 3 is 2.87 bits per heavy atom. The number of nitrogens with zero attached hydrogens (tertiary/aromatic N) is 3. The minimum Gasteiger partial charge on any atom is -0.354 e. The number of nitrogens with one attached hydrogen (secondary N) is 1. The van der Waals surface area contributed by atoms with Crippen LogP contribution in [0.25, 0.3) is 0 Å². The highest BCUT2D eigenvalue weighted by Gasteiger charge is 2.22. The van der Waals surface area contributed by atoms with E-state index in [0.29, 0.717) is 23.6 Å². The molecule has 7 heteroatoms. The average Bonchev–Trinajstić information content (AvgIpc) is 2.59. The number of anilines is 2. The minimum absolute atomic E-state index is 0.238. The number of carbonyl (C=O) groups is 2. The van der Waals surface area contributed by atoms with Gasteiger partial charge in [0.2, 0.25) is 0 Å². The summed E-state index contributed by atoms with van der Waals surface area (Å²) in [6, 6.07) is 3.08. The third-order valence-electron chi connectivity index (χ3n) is 3.76. The molecular formula is C16H15FN4O2. The van der Waals surface area contributed by atoms with Gasteiger partial charge in [0.1, 0.15) is 5.82 Å². The van der Waals surface area contributed by atoms with E-state index in [0.717, 1.165) is 24.7 Å². The molecule has 1 amide bonds. The normalized spacial score (nSPS) is 13.4. The second-order valence-electron chi connectivity index (χ2n) is 5.23. The van der Waals surface area contributed by atoms with Gasteiger partial charge >= 0.3 is 0 Å². The SMILES string of the molecule is CNC(=O)c1ncc(N2CCCc3cc(C=O)cnc32)cc1F. The predicted octanol–water partition coefficient (Wildman–Crippen LogP) is 1.87. The molecule has 0 aliphatic carbocycles. The third kappa shape index (κ3) is 2.77. The van der Waals surface area contributed by atoms with Crippen LogP contribution in [0.3, 0.4) is 0 Å². The van der Waals surface area contributed by atoms with Crippen LogP contribution in [0.5, 0.6) is 0 Å². The molecule has 0 unspecified atom stereocenters. The Bertz CT molecular complexity index is 779. The second kappa shape index (κ2) is 6.12. The van der Waals surface area contributed by atoms with Crippen molar-refractivity contribution in [1.29, 1.82) is 0 Å². The van der Waals surface area contributed by atoms with E-state index in [9.17, 15) is 14.0 Å². The van der Waals surface area contributed by atoms with Crippen LogP contribution in [0.2, 0.25) is 0 Å². The van der Waals surface area contributed by atoms with Crippen molar-refractivity contribution in [3.05, 3.63) is 47.2 Å². The fraction of sp³-hybridized carbons (Fsp3) is 0.250. The number of aldehydes is 1. The molecule has 0 saturated heterocycles. The van der Waals surface area contributed by atoms with E-state index in [1.807, 2.05) is 4.90 Å².